The van der Waals surface area contributed by atoms with Crippen molar-refractivity contribution in [1.29, 1.82) is 0 Å². The summed E-state index contributed by atoms with van der Waals surface area (Å²) >= 11 is 3.62. The standard InChI is InChI=1S/C12H23BrN4O/c1-5-9-12(13)11(17(4)16-9)7-10(15-14)8(3)18-6-2/h8,10,15H,5-7,14H2,1-4H3. The lowest BCUT2D eigenvalue weighted by molar-refractivity contribution is 0.0471. The molecule has 0 amide bonds. The fraction of sp³-hybridized carbons (Fsp3) is 0.750. The molecule has 0 radical (unpaired) electrons. The van der Waals surface area contributed by atoms with Crippen molar-refractivity contribution in [3.63, 3.8) is 0 Å². The quantitative estimate of drug-likeness (QED) is 0.591. The van der Waals surface area contributed by atoms with Gasteiger partial charge in [-0.3, -0.25) is 16.0 Å². The Bertz CT molecular complexity index is 380. The average Bonchev–Trinajstić information content (AvgIpc) is 2.62. The lowest BCUT2D eigenvalue weighted by atomic mass is 10.1. The zero-order valence-electron chi connectivity index (χ0n) is 11.5. The molecule has 1 aromatic rings. The molecule has 0 saturated heterocycles. The molecule has 0 aliphatic heterocycles. The number of halogens is 1. The molecule has 1 rings (SSSR count). The number of hydrazine groups is 1. The fourth-order valence-corrected chi connectivity index (χ4v) is 2.77. The predicted octanol–water partition coefficient (Wildman–Crippen LogP) is 1.54. The third-order valence-electron chi connectivity index (χ3n) is 3.13. The van der Waals surface area contributed by atoms with Crippen LogP contribution in [-0.2, 0) is 24.6 Å². The van der Waals surface area contributed by atoms with Crippen molar-refractivity contribution >= 4 is 15.9 Å². The highest BCUT2D eigenvalue weighted by molar-refractivity contribution is 9.10. The molecule has 2 unspecified atom stereocenters. The first-order valence-corrected chi connectivity index (χ1v) is 7.12. The number of nitrogens with one attached hydrogen (secondary N) is 1. The maximum atomic E-state index is 5.62. The highest BCUT2D eigenvalue weighted by Gasteiger charge is 2.21. The first-order valence-electron chi connectivity index (χ1n) is 6.33. The van der Waals surface area contributed by atoms with E-state index in [0.29, 0.717) is 6.61 Å². The number of ether oxygens (including phenoxy) is 1. The summed E-state index contributed by atoms with van der Waals surface area (Å²) in [5.41, 5.74) is 5.05. The van der Waals surface area contributed by atoms with Gasteiger partial charge in [0.1, 0.15) is 0 Å². The third kappa shape index (κ3) is 3.54. The molecule has 0 aliphatic carbocycles. The van der Waals surface area contributed by atoms with Gasteiger partial charge in [0.15, 0.2) is 0 Å². The Morgan fingerprint density at radius 2 is 2.17 bits per heavy atom. The number of hydrogen-bond donors (Lipinski definition) is 2. The monoisotopic (exact) mass is 318 g/mol. The van der Waals surface area contributed by atoms with Gasteiger partial charge in [0.05, 0.1) is 28.0 Å². The van der Waals surface area contributed by atoms with Crippen LogP contribution >= 0.6 is 15.9 Å². The van der Waals surface area contributed by atoms with Crippen LogP contribution in [-0.4, -0.2) is 28.5 Å². The van der Waals surface area contributed by atoms with E-state index in [-0.39, 0.29) is 12.1 Å². The minimum absolute atomic E-state index is 0.0619. The Kier molecular flexibility index (Phi) is 6.28. The molecule has 2 atom stereocenters. The smallest absolute Gasteiger partial charge is 0.0766 e. The Labute approximate surface area is 117 Å². The molecule has 0 saturated carbocycles. The molecular weight excluding hydrogens is 296 g/mol. The number of nitrogens with two attached hydrogens (primary N) is 1. The van der Waals surface area contributed by atoms with Crippen molar-refractivity contribution in [1.82, 2.24) is 15.2 Å². The van der Waals surface area contributed by atoms with Crippen LogP contribution in [0, 0.1) is 0 Å². The van der Waals surface area contributed by atoms with Crippen molar-refractivity contribution in [2.75, 3.05) is 6.61 Å². The van der Waals surface area contributed by atoms with Gasteiger partial charge in [-0.2, -0.15) is 5.10 Å². The first-order chi connectivity index (χ1) is 8.54. The molecule has 0 aliphatic rings. The largest absolute Gasteiger partial charge is 0.377 e. The van der Waals surface area contributed by atoms with E-state index >= 15 is 0 Å². The van der Waals surface area contributed by atoms with Gasteiger partial charge < -0.3 is 4.74 Å². The van der Waals surface area contributed by atoms with E-state index < -0.39 is 0 Å². The molecule has 3 N–H and O–H groups in total. The second kappa shape index (κ2) is 7.23. The van der Waals surface area contributed by atoms with Gasteiger partial charge in [0.25, 0.3) is 0 Å². The molecule has 0 aromatic carbocycles. The Morgan fingerprint density at radius 3 is 2.61 bits per heavy atom. The fourth-order valence-electron chi connectivity index (χ4n) is 1.99. The van der Waals surface area contributed by atoms with Crippen molar-refractivity contribution < 1.29 is 4.74 Å². The summed E-state index contributed by atoms with van der Waals surface area (Å²) in [6.45, 7) is 6.79. The minimum Gasteiger partial charge on any atom is -0.377 e. The SMILES string of the molecule is CCOC(C)C(Cc1c(Br)c(CC)nn1C)NN. The van der Waals surface area contributed by atoms with E-state index in [1.54, 1.807) is 0 Å². The van der Waals surface area contributed by atoms with Crippen LogP contribution in [0.5, 0.6) is 0 Å². The number of rotatable bonds is 7. The summed E-state index contributed by atoms with van der Waals surface area (Å²) in [4.78, 5) is 0. The molecule has 6 heteroatoms. The van der Waals surface area contributed by atoms with Crippen LogP contribution in [0.25, 0.3) is 0 Å². The molecular formula is C12H23BrN4O. The van der Waals surface area contributed by atoms with Gasteiger partial charge in [-0.25, -0.2) is 0 Å². The Hall–Kier alpha value is -0.430. The number of nitrogens with zero attached hydrogens (tertiary/aromatic N) is 2. The van der Waals surface area contributed by atoms with Crippen molar-refractivity contribution in [2.24, 2.45) is 12.9 Å². The lowest BCUT2D eigenvalue weighted by Gasteiger charge is -2.23. The summed E-state index contributed by atoms with van der Waals surface area (Å²) in [6.07, 6.45) is 1.75. The molecule has 0 spiro atoms. The molecule has 5 nitrogen and oxygen atoms in total. The van der Waals surface area contributed by atoms with E-state index in [9.17, 15) is 0 Å². The summed E-state index contributed by atoms with van der Waals surface area (Å²) in [6, 6.07) is 0.0707. The third-order valence-corrected chi connectivity index (χ3v) is 4.04. The molecule has 18 heavy (non-hydrogen) atoms. The second-order valence-corrected chi connectivity index (χ2v) is 5.12. The average molecular weight is 319 g/mol. The maximum Gasteiger partial charge on any atom is 0.0766 e. The molecule has 0 bridgehead atoms. The van der Waals surface area contributed by atoms with Crippen LogP contribution in [0.4, 0.5) is 0 Å². The van der Waals surface area contributed by atoms with Crippen molar-refractivity contribution in [3.05, 3.63) is 15.9 Å². The normalized spacial score (nSPS) is 14.8. The first kappa shape index (κ1) is 15.6. The number of aryl methyl sites for hydroxylation is 2. The van der Waals surface area contributed by atoms with Gasteiger partial charge in [0.2, 0.25) is 0 Å². The van der Waals surface area contributed by atoms with E-state index in [2.05, 4.69) is 33.4 Å². The van der Waals surface area contributed by atoms with Gasteiger partial charge in [-0.1, -0.05) is 6.92 Å². The molecule has 1 heterocycles. The second-order valence-electron chi connectivity index (χ2n) is 4.32. The van der Waals surface area contributed by atoms with E-state index in [1.165, 1.54) is 0 Å². The predicted molar refractivity (Wildman–Crippen MR) is 76.2 cm³/mol. The van der Waals surface area contributed by atoms with E-state index in [4.69, 9.17) is 10.6 Å². The van der Waals surface area contributed by atoms with Crippen LogP contribution in [0.15, 0.2) is 4.47 Å². The Balaban J connectivity index is 2.84. The van der Waals surface area contributed by atoms with Gasteiger partial charge in [-0.15, -0.1) is 0 Å². The zero-order chi connectivity index (χ0) is 13.7. The van der Waals surface area contributed by atoms with Crippen LogP contribution in [0.3, 0.4) is 0 Å². The van der Waals surface area contributed by atoms with Gasteiger partial charge in [0, 0.05) is 20.1 Å². The van der Waals surface area contributed by atoms with Crippen LogP contribution < -0.4 is 11.3 Å². The van der Waals surface area contributed by atoms with Gasteiger partial charge in [-0.05, 0) is 36.2 Å². The lowest BCUT2D eigenvalue weighted by Crippen LogP contribution is -2.45. The van der Waals surface area contributed by atoms with Gasteiger partial charge >= 0.3 is 0 Å². The summed E-state index contributed by atoms with van der Waals surface area (Å²) in [5, 5.41) is 4.48. The molecule has 104 valence electrons. The topological polar surface area (TPSA) is 65.1 Å². The van der Waals surface area contributed by atoms with E-state index in [1.807, 2.05) is 25.6 Å². The molecule has 0 fully saturated rings. The summed E-state index contributed by atoms with van der Waals surface area (Å²) in [7, 11) is 1.96. The maximum absolute atomic E-state index is 5.62. The highest BCUT2D eigenvalue weighted by Crippen LogP contribution is 2.23. The van der Waals surface area contributed by atoms with Crippen LogP contribution in [0.1, 0.15) is 32.2 Å². The minimum atomic E-state index is 0.0619. The van der Waals surface area contributed by atoms with Crippen molar-refractivity contribution in [3.8, 4) is 0 Å². The number of hydrogen-bond acceptors (Lipinski definition) is 4. The van der Waals surface area contributed by atoms with Crippen LogP contribution in [0.2, 0.25) is 0 Å². The number of aromatic nitrogens is 2. The highest BCUT2D eigenvalue weighted by atomic mass is 79.9. The summed E-state index contributed by atoms with van der Waals surface area (Å²) < 4.78 is 8.58. The molecule has 1 aromatic heterocycles. The van der Waals surface area contributed by atoms with E-state index in [0.717, 1.165) is 28.7 Å². The zero-order valence-corrected chi connectivity index (χ0v) is 13.1. The summed E-state index contributed by atoms with van der Waals surface area (Å²) in [5.74, 6) is 5.62. The Morgan fingerprint density at radius 1 is 1.50 bits per heavy atom. The van der Waals surface area contributed by atoms with Crippen molar-refractivity contribution in [2.45, 2.75) is 45.8 Å².